The molecule has 0 bridgehead atoms. The van der Waals surface area contributed by atoms with E-state index in [1.807, 2.05) is 26.8 Å². The van der Waals surface area contributed by atoms with E-state index in [4.69, 9.17) is 0 Å². The van der Waals surface area contributed by atoms with Crippen LogP contribution in [0, 0.1) is 5.82 Å². The highest BCUT2D eigenvalue weighted by molar-refractivity contribution is 8.00. The maximum absolute atomic E-state index is 13.3. The van der Waals surface area contributed by atoms with E-state index in [1.54, 1.807) is 41.8 Å². The lowest BCUT2D eigenvalue weighted by Crippen LogP contribution is -2.44. The zero-order valence-corrected chi connectivity index (χ0v) is 17.7. The number of rotatable bonds is 5. The molecule has 0 spiro atoms. The first-order valence-corrected chi connectivity index (χ1v) is 10.2. The van der Waals surface area contributed by atoms with Crippen molar-refractivity contribution >= 4 is 28.6 Å². The van der Waals surface area contributed by atoms with Gasteiger partial charge >= 0.3 is 0 Å². The Morgan fingerprint density at radius 1 is 1.17 bits per heavy atom. The minimum Gasteiger partial charge on any atom is -0.351 e. The van der Waals surface area contributed by atoms with Crippen molar-refractivity contribution in [3.63, 3.8) is 0 Å². The van der Waals surface area contributed by atoms with Gasteiger partial charge in [0.2, 0.25) is 5.91 Å². The van der Waals surface area contributed by atoms with Crippen molar-refractivity contribution < 1.29 is 9.18 Å². The number of hydrogen-bond acceptors (Lipinski definition) is 4. The van der Waals surface area contributed by atoms with Gasteiger partial charge in [-0.2, -0.15) is 0 Å². The molecule has 0 aliphatic carbocycles. The lowest BCUT2D eigenvalue weighted by atomic mass is 10.1. The van der Waals surface area contributed by atoms with Crippen LogP contribution < -0.4 is 10.9 Å². The first kappa shape index (κ1) is 21.0. The molecule has 3 rings (SSSR count). The largest absolute Gasteiger partial charge is 0.351 e. The molecular formula is C22H24FN3O2S. The fraction of sp³-hybridized carbons (Fsp3) is 0.318. The Morgan fingerprint density at radius 2 is 1.83 bits per heavy atom. The van der Waals surface area contributed by atoms with Crippen LogP contribution in [-0.4, -0.2) is 26.2 Å². The zero-order chi connectivity index (χ0) is 21.2. The number of aromatic nitrogens is 2. The molecule has 2 aromatic carbocycles. The average molecular weight is 414 g/mol. The number of thioether (sulfide) groups is 1. The Bertz CT molecular complexity index is 1090. The quantitative estimate of drug-likeness (QED) is 0.508. The number of nitrogens with zero attached hydrogens (tertiary/aromatic N) is 2. The second-order valence-electron chi connectivity index (χ2n) is 7.93. The van der Waals surface area contributed by atoms with Gasteiger partial charge in [-0.25, -0.2) is 9.37 Å². The number of carbonyl (C=O) groups excluding carboxylic acids is 1. The molecule has 5 nitrogen and oxygen atoms in total. The van der Waals surface area contributed by atoms with E-state index in [0.717, 1.165) is 5.56 Å². The zero-order valence-electron chi connectivity index (χ0n) is 16.9. The number of amides is 1. The number of para-hydroxylation sites is 1. The molecule has 1 aromatic heterocycles. The van der Waals surface area contributed by atoms with Crippen LogP contribution in [0.2, 0.25) is 0 Å². The standard InChI is InChI=1S/C22H24FN3O2S/c1-14(19(27)25-22(2,3)4)29-21-24-18-8-6-5-7-17(18)20(28)26(21)13-15-9-11-16(23)12-10-15/h5-12,14H,13H2,1-4H3,(H,25,27)/t14-/m1/s1. The highest BCUT2D eigenvalue weighted by Crippen LogP contribution is 2.24. The predicted molar refractivity (Wildman–Crippen MR) is 115 cm³/mol. The van der Waals surface area contributed by atoms with Crippen LogP contribution in [0.5, 0.6) is 0 Å². The van der Waals surface area contributed by atoms with Crippen molar-refractivity contribution in [1.29, 1.82) is 0 Å². The molecule has 1 heterocycles. The fourth-order valence-electron chi connectivity index (χ4n) is 2.83. The van der Waals surface area contributed by atoms with E-state index in [0.29, 0.717) is 16.1 Å². The second kappa shape index (κ2) is 8.37. The molecule has 1 amide bonds. The number of halogens is 1. The number of fused-ring (bicyclic) bond motifs is 1. The van der Waals surface area contributed by atoms with Crippen LogP contribution in [0.15, 0.2) is 58.5 Å². The molecule has 29 heavy (non-hydrogen) atoms. The molecule has 0 aliphatic rings. The third kappa shape index (κ3) is 5.23. The monoisotopic (exact) mass is 413 g/mol. The van der Waals surface area contributed by atoms with E-state index in [-0.39, 0.29) is 29.4 Å². The normalized spacial score (nSPS) is 12.7. The molecule has 0 saturated carbocycles. The Kier molecular flexibility index (Phi) is 6.07. The molecule has 152 valence electrons. The molecular weight excluding hydrogens is 389 g/mol. The van der Waals surface area contributed by atoms with Crippen molar-refractivity contribution in [2.45, 2.75) is 50.2 Å². The summed E-state index contributed by atoms with van der Waals surface area (Å²) in [4.78, 5) is 30.3. The Hall–Kier alpha value is -2.67. The molecule has 3 aromatic rings. The predicted octanol–water partition coefficient (Wildman–Crippen LogP) is 3.98. The molecule has 0 unspecified atom stereocenters. The number of nitrogens with one attached hydrogen (secondary N) is 1. The molecule has 7 heteroatoms. The third-order valence-corrected chi connectivity index (χ3v) is 5.32. The lowest BCUT2D eigenvalue weighted by Gasteiger charge is -2.23. The Labute approximate surface area is 173 Å². The van der Waals surface area contributed by atoms with E-state index >= 15 is 0 Å². The van der Waals surface area contributed by atoms with Gasteiger partial charge in [0.05, 0.1) is 22.7 Å². The van der Waals surface area contributed by atoms with Crippen molar-refractivity contribution in [3.05, 3.63) is 70.3 Å². The molecule has 0 radical (unpaired) electrons. The summed E-state index contributed by atoms with van der Waals surface area (Å²) in [6, 6.07) is 13.1. The summed E-state index contributed by atoms with van der Waals surface area (Å²) < 4.78 is 14.8. The van der Waals surface area contributed by atoms with Crippen LogP contribution in [0.1, 0.15) is 33.3 Å². The molecule has 1 N–H and O–H groups in total. The lowest BCUT2D eigenvalue weighted by molar-refractivity contribution is -0.121. The number of benzene rings is 2. The summed E-state index contributed by atoms with van der Waals surface area (Å²) in [6.07, 6.45) is 0. The van der Waals surface area contributed by atoms with Gasteiger partial charge in [-0.3, -0.25) is 14.2 Å². The van der Waals surface area contributed by atoms with E-state index in [1.165, 1.54) is 23.9 Å². The third-order valence-electron chi connectivity index (χ3n) is 4.23. The number of hydrogen-bond donors (Lipinski definition) is 1. The van der Waals surface area contributed by atoms with Gasteiger partial charge in [-0.1, -0.05) is 36.0 Å². The van der Waals surface area contributed by atoms with Crippen LogP contribution in [0.4, 0.5) is 4.39 Å². The first-order valence-electron chi connectivity index (χ1n) is 9.37. The van der Waals surface area contributed by atoms with E-state index < -0.39 is 5.25 Å². The van der Waals surface area contributed by atoms with Crippen molar-refractivity contribution in [3.8, 4) is 0 Å². The first-order chi connectivity index (χ1) is 13.6. The smallest absolute Gasteiger partial charge is 0.262 e. The minimum absolute atomic E-state index is 0.127. The van der Waals surface area contributed by atoms with Crippen molar-refractivity contribution in [1.82, 2.24) is 14.9 Å². The van der Waals surface area contributed by atoms with E-state index in [2.05, 4.69) is 10.3 Å². The Morgan fingerprint density at radius 3 is 2.48 bits per heavy atom. The number of carbonyl (C=O) groups is 1. The van der Waals surface area contributed by atoms with Crippen LogP contribution in [-0.2, 0) is 11.3 Å². The van der Waals surface area contributed by atoms with Gasteiger partial charge in [0, 0.05) is 5.54 Å². The van der Waals surface area contributed by atoms with Gasteiger partial charge < -0.3 is 5.32 Å². The van der Waals surface area contributed by atoms with Gasteiger partial charge in [-0.05, 0) is 57.5 Å². The van der Waals surface area contributed by atoms with E-state index in [9.17, 15) is 14.0 Å². The molecule has 0 saturated heterocycles. The summed E-state index contributed by atoms with van der Waals surface area (Å²) in [5.41, 5.74) is 0.820. The summed E-state index contributed by atoms with van der Waals surface area (Å²) in [6.45, 7) is 7.78. The van der Waals surface area contributed by atoms with Gasteiger partial charge in [0.15, 0.2) is 5.16 Å². The van der Waals surface area contributed by atoms with Crippen LogP contribution in [0.3, 0.4) is 0 Å². The van der Waals surface area contributed by atoms with Gasteiger partial charge in [-0.15, -0.1) is 0 Å². The summed E-state index contributed by atoms with van der Waals surface area (Å²) in [5.74, 6) is -0.460. The highest BCUT2D eigenvalue weighted by Gasteiger charge is 2.23. The van der Waals surface area contributed by atoms with Crippen molar-refractivity contribution in [2.24, 2.45) is 0 Å². The van der Waals surface area contributed by atoms with Gasteiger partial charge in [0.1, 0.15) is 5.82 Å². The van der Waals surface area contributed by atoms with Crippen LogP contribution in [0.25, 0.3) is 10.9 Å². The maximum atomic E-state index is 13.3. The van der Waals surface area contributed by atoms with Crippen LogP contribution >= 0.6 is 11.8 Å². The van der Waals surface area contributed by atoms with Crippen molar-refractivity contribution in [2.75, 3.05) is 0 Å². The molecule has 0 aliphatic heterocycles. The molecule has 1 atom stereocenters. The maximum Gasteiger partial charge on any atom is 0.262 e. The topological polar surface area (TPSA) is 64.0 Å². The molecule has 0 fully saturated rings. The average Bonchev–Trinajstić information content (AvgIpc) is 2.65. The highest BCUT2D eigenvalue weighted by atomic mass is 32.2. The second-order valence-corrected chi connectivity index (χ2v) is 9.24. The van der Waals surface area contributed by atoms with Gasteiger partial charge in [0.25, 0.3) is 5.56 Å². The minimum atomic E-state index is -0.443. The SMILES string of the molecule is C[C@@H](Sc1nc2ccccc2c(=O)n1Cc1ccc(F)cc1)C(=O)NC(C)(C)C. The summed E-state index contributed by atoms with van der Waals surface area (Å²) >= 11 is 1.24. The summed E-state index contributed by atoms with van der Waals surface area (Å²) in [5, 5.41) is 3.47. The fourth-order valence-corrected chi connectivity index (χ4v) is 3.74. The summed E-state index contributed by atoms with van der Waals surface area (Å²) in [7, 11) is 0. The Balaban J connectivity index is 2.01.